The lowest BCUT2D eigenvalue weighted by molar-refractivity contribution is -0.117. The normalized spacial score (nSPS) is 12.5. The minimum Gasteiger partial charge on any atom is -0.492 e. The van der Waals surface area contributed by atoms with E-state index in [0.717, 1.165) is 4.47 Å². The van der Waals surface area contributed by atoms with Gasteiger partial charge >= 0.3 is 0 Å². The number of ether oxygens (including phenoxy) is 1. The van der Waals surface area contributed by atoms with Crippen LogP contribution < -0.4 is 14.8 Å². The minimum absolute atomic E-state index is 0.0470. The van der Waals surface area contributed by atoms with Gasteiger partial charge in [-0.1, -0.05) is 27.5 Å². The Morgan fingerprint density at radius 1 is 1.23 bits per heavy atom. The fourth-order valence-electron chi connectivity index (χ4n) is 2.06. The van der Waals surface area contributed by atoms with Crippen LogP contribution >= 0.6 is 27.5 Å². The van der Waals surface area contributed by atoms with E-state index in [1.165, 1.54) is 25.1 Å². The minimum atomic E-state index is -3.92. The molecule has 6 nitrogen and oxygen atoms in total. The molecule has 0 heterocycles. The largest absolute Gasteiger partial charge is 0.492 e. The summed E-state index contributed by atoms with van der Waals surface area (Å²) in [4.78, 5) is 12.2. The average Bonchev–Trinajstić information content (AvgIpc) is 2.58. The van der Waals surface area contributed by atoms with Crippen molar-refractivity contribution in [3.63, 3.8) is 0 Å². The average molecular weight is 462 g/mol. The molecule has 140 valence electrons. The van der Waals surface area contributed by atoms with Crippen molar-refractivity contribution in [2.75, 3.05) is 11.9 Å². The molecular weight excluding hydrogens is 444 g/mol. The predicted octanol–water partition coefficient (Wildman–Crippen LogP) is 3.81. The lowest BCUT2D eigenvalue weighted by Crippen LogP contribution is -2.41. The van der Waals surface area contributed by atoms with Crippen LogP contribution in [0.1, 0.15) is 13.8 Å². The molecule has 0 aliphatic heterocycles. The second-order valence-corrected chi connectivity index (χ2v) is 8.40. The fraction of sp³-hybridized carbons (Fsp3) is 0.235. The van der Waals surface area contributed by atoms with Crippen molar-refractivity contribution in [3.05, 3.63) is 52.0 Å². The first-order valence-electron chi connectivity index (χ1n) is 7.74. The summed E-state index contributed by atoms with van der Waals surface area (Å²) in [6, 6.07) is 10.1. The number of halogens is 2. The van der Waals surface area contributed by atoms with E-state index >= 15 is 0 Å². The molecule has 26 heavy (non-hydrogen) atoms. The van der Waals surface area contributed by atoms with Crippen LogP contribution in [0.2, 0.25) is 5.02 Å². The van der Waals surface area contributed by atoms with Crippen molar-refractivity contribution in [3.8, 4) is 5.75 Å². The molecule has 0 aliphatic rings. The van der Waals surface area contributed by atoms with Crippen LogP contribution in [0.5, 0.6) is 5.75 Å². The molecule has 0 aromatic heterocycles. The lowest BCUT2D eigenvalue weighted by Gasteiger charge is -2.15. The number of amides is 1. The quantitative estimate of drug-likeness (QED) is 0.657. The zero-order valence-corrected chi connectivity index (χ0v) is 17.3. The van der Waals surface area contributed by atoms with Crippen LogP contribution in [0.25, 0.3) is 0 Å². The Morgan fingerprint density at radius 3 is 2.46 bits per heavy atom. The molecule has 2 rings (SSSR count). The van der Waals surface area contributed by atoms with Crippen molar-refractivity contribution < 1.29 is 17.9 Å². The van der Waals surface area contributed by atoms with Crippen LogP contribution in [0, 0.1) is 0 Å². The highest BCUT2D eigenvalue weighted by atomic mass is 79.9. The number of hydrogen-bond acceptors (Lipinski definition) is 4. The second kappa shape index (κ2) is 8.85. The first-order chi connectivity index (χ1) is 12.2. The Morgan fingerprint density at radius 2 is 1.88 bits per heavy atom. The van der Waals surface area contributed by atoms with E-state index in [9.17, 15) is 13.2 Å². The van der Waals surface area contributed by atoms with Crippen LogP contribution in [-0.2, 0) is 14.8 Å². The van der Waals surface area contributed by atoms with E-state index in [1.807, 2.05) is 0 Å². The maximum atomic E-state index is 12.5. The summed E-state index contributed by atoms with van der Waals surface area (Å²) in [6.07, 6.45) is 0. The van der Waals surface area contributed by atoms with E-state index in [-0.39, 0.29) is 9.92 Å². The van der Waals surface area contributed by atoms with Crippen LogP contribution in [0.4, 0.5) is 5.69 Å². The first kappa shape index (κ1) is 20.7. The van der Waals surface area contributed by atoms with E-state index in [2.05, 4.69) is 26.0 Å². The van der Waals surface area contributed by atoms with Gasteiger partial charge in [0.05, 0.1) is 22.6 Å². The third-order valence-corrected chi connectivity index (χ3v) is 5.71. The Balaban J connectivity index is 2.08. The van der Waals surface area contributed by atoms with Gasteiger partial charge in [-0.05, 0) is 56.3 Å². The molecule has 9 heteroatoms. The number of sulfonamides is 1. The summed E-state index contributed by atoms with van der Waals surface area (Å²) in [5.41, 5.74) is 0.563. The van der Waals surface area contributed by atoms with E-state index in [1.54, 1.807) is 31.2 Å². The molecule has 0 saturated carbocycles. The summed E-state index contributed by atoms with van der Waals surface area (Å²) in [5, 5.41) is 2.83. The van der Waals surface area contributed by atoms with Crippen molar-refractivity contribution in [1.29, 1.82) is 0 Å². The lowest BCUT2D eigenvalue weighted by atomic mass is 10.3. The Kier molecular flexibility index (Phi) is 7.05. The van der Waals surface area contributed by atoms with Gasteiger partial charge in [-0.2, -0.15) is 4.72 Å². The fourth-order valence-corrected chi connectivity index (χ4v) is 3.85. The van der Waals surface area contributed by atoms with Crippen molar-refractivity contribution >= 4 is 49.1 Å². The zero-order chi connectivity index (χ0) is 19.3. The highest BCUT2D eigenvalue weighted by Gasteiger charge is 2.23. The number of rotatable bonds is 7. The summed E-state index contributed by atoms with van der Waals surface area (Å²) in [5.74, 6) is -0.0814. The highest BCUT2D eigenvalue weighted by Crippen LogP contribution is 2.27. The second-order valence-electron chi connectivity index (χ2n) is 5.36. The molecule has 0 bridgehead atoms. The zero-order valence-electron chi connectivity index (χ0n) is 14.1. The molecule has 2 aromatic carbocycles. The molecule has 0 unspecified atom stereocenters. The Labute approximate surface area is 166 Å². The molecule has 2 N–H and O–H groups in total. The number of hydrogen-bond donors (Lipinski definition) is 2. The molecule has 0 radical (unpaired) electrons. The SMILES string of the molecule is CCOc1ccc(S(=O)(=O)N[C@@H](C)C(=O)Nc2ccc(Br)cc2)cc1Cl. The van der Waals surface area contributed by atoms with Crippen molar-refractivity contribution in [2.24, 2.45) is 0 Å². The molecular formula is C17H18BrClN2O4S. The first-order valence-corrected chi connectivity index (χ1v) is 10.4. The number of benzene rings is 2. The Bertz CT molecular complexity index is 888. The molecule has 1 atom stereocenters. The van der Waals surface area contributed by atoms with Gasteiger partial charge in [-0.25, -0.2) is 8.42 Å². The number of carbonyl (C=O) groups is 1. The van der Waals surface area contributed by atoms with Crippen LogP contribution in [0.3, 0.4) is 0 Å². The van der Waals surface area contributed by atoms with Gasteiger partial charge in [-0.3, -0.25) is 4.79 Å². The van der Waals surface area contributed by atoms with Crippen molar-refractivity contribution in [2.45, 2.75) is 24.8 Å². The predicted molar refractivity (Wildman–Crippen MR) is 105 cm³/mol. The van der Waals surface area contributed by atoms with E-state index in [4.69, 9.17) is 16.3 Å². The third kappa shape index (κ3) is 5.44. The third-order valence-electron chi connectivity index (χ3n) is 3.35. The maximum absolute atomic E-state index is 12.5. The monoisotopic (exact) mass is 460 g/mol. The van der Waals surface area contributed by atoms with Gasteiger partial charge in [0.2, 0.25) is 15.9 Å². The molecule has 2 aromatic rings. The summed E-state index contributed by atoms with van der Waals surface area (Å²) in [7, 11) is -3.92. The van der Waals surface area contributed by atoms with Crippen molar-refractivity contribution in [1.82, 2.24) is 4.72 Å². The van der Waals surface area contributed by atoms with Gasteiger partial charge < -0.3 is 10.1 Å². The standard InChI is InChI=1S/C17H18BrClN2O4S/c1-3-25-16-9-8-14(10-15(16)19)26(23,24)21-11(2)17(22)20-13-6-4-12(18)5-7-13/h4-11,21H,3H2,1-2H3,(H,20,22)/t11-/m0/s1. The van der Waals surface area contributed by atoms with Crippen LogP contribution in [-0.4, -0.2) is 27.0 Å². The van der Waals surface area contributed by atoms with Gasteiger partial charge in [0, 0.05) is 10.2 Å². The smallest absolute Gasteiger partial charge is 0.242 e. The molecule has 0 aliphatic carbocycles. The summed E-state index contributed by atoms with van der Waals surface area (Å²) < 4.78 is 33.4. The topological polar surface area (TPSA) is 84.5 Å². The summed E-state index contributed by atoms with van der Waals surface area (Å²) in [6.45, 7) is 3.67. The number of anilines is 1. The molecule has 1 amide bonds. The summed E-state index contributed by atoms with van der Waals surface area (Å²) >= 11 is 9.34. The van der Waals surface area contributed by atoms with Gasteiger partial charge in [0.25, 0.3) is 0 Å². The number of carbonyl (C=O) groups excluding carboxylic acids is 1. The molecule has 0 saturated heterocycles. The Hall–Kier alpha value is -1.61. The highest BCUT2D eigenvalue weighted by molar-refractivity contribution is 9.10. The van der Waals surface area contributed by atoms with Gasteiger partial charge in [0.15, 0.2) is 0 Å². The molecule has 0 fully saturated rings. The van der Waals surface area contributed by atoms with E-state index in [0.29, 0.717) is 18.0 Å². The number of nitrogens with one attached hydrogen (secondary N) is 2. The van der Waals surface area contributed by atoms with Gasteiger partial charge in [0.1, 0.15) is 5.75 Å². The van der Waals surface area contributed by atoms with E-state index < -0.39 is 22.0 Å². The maximum Gasteiger partial charge on any atom is 0.242 e. The van der Waals surface area contributed by atoms with Crippen LogP contribution in [0.15, 0.2) is 51.8 Å². The molecule has 0 spiro atoms. The van der Waals surface area contributed by atoms with Gasteiger partial charge in [-0.15, -0.1) is 0 Å².